The first-order valence-electron chi connectivity index (χ1n) is 3.03. The van der Waals surface area contributed by atoms with Crippen molar-refractivity contribution >= 4 is 0 Å². The maximum atomic E-state index is 12.2. The molecule has 0 atom stereocenters. The van der Waals surface area contributed by atoms with Crippen molar-refractivity contribution < 1.29 is 8.78 Å². The molecule has 9 heavy (non-hydrogen) atoms. The SMILES string of the molecule is CC/C=C(\C)C(C)(F)F. The van der Waals surface area contributed by atoms with Crippen molar-refractivity contribution in [2.75, 3.05) is 0 Å². The normalized spacial score (nSPS) is 14.1. The third kappa shape index (κ3) is 3.22. The molecule has 0 saturated carbocycles. The Bertz CT molecular complexity index is 109. The van der Waals surface area contributed by atoms with Gasteiger partial charge in [-0.1, -0.05) is 13.0 Å². The van der Waals surface area contributed by atoms with Gasteiger partial charge in [0.2, 0.25) is 0 Å². The number of hydrogen-bond donors (Lipinski definition) is 0. The monoisotopic (exact) mass is 134 g/mol. The lowest BCUT2D eigenvalue weighted by Gasteiger charge is -2.09. The lowest BCUT2D eigenvalue weighted by molar-refractivity contribution is 0.0632. The van der Waals surface area contributed by atoms with Gasteiger partial charge in [-0.25, -0.2) is 8.78 Å². The van der Waals surface area contributed by atoms with E-state index in [9.17, 15) is 8.78 Å². The van der Waals surface area contributed by atoms with Crippen LogP contribution in [-0.4, -0.2) is 5.92 Å². The summed E-state index contributed by atoms with van der Waals surface area (Å²) in [5.41, 5.74) is 0.157. The van der Waals surface area contributed by atoms with Crippen LogP contribution in [0.5, 0.6) is 0 Å². The van der Waals surface area contributed by atoms with Crippen molar-refractivity contribution in [1.82, 2.24) is 0 Å². The topological polar surface area (TPSA) is 0 Å². The Kier molecular flexibility index (Phi) is 2.82. The van der Waals surface area contributed by atoms with E-state index in [1.54, 1.807) is 6.08 Å². The van der Waals surface area contributed by atoms with Gasteiger partial charge in [0.1, 0.15) is 0 Å². The Morgan fingerprint density at radius 3 is 2.11 bits per heavy atom. The molecule has 0 aromatic carbocycles. The highest BCUT2D eigenvalue weighted by molar-refractivity contribution is 5.06. The van der Waals surface area contributed by atoms with Gasteiger partial charge in [-0.3, -0.25) is 0 Å². The van der Waals surface area contributed by atoms with Gasteiger partial charge in [-0.2, -0.15) is 0 Å². The van der Waals surface area contributed by atoms with E-state index in [-0.39, 0.29) is 5.57 Å². The Morgan fingerprint density at radius 2 is 2.00 bits per heavy atom. The average Bonchev–Trinajstić information content (AvgIpc) is 1.64. The van der Waals surface area contributed by atoms with Gasteiger partial charge in [-0.15, -0.1) is 0 Å². The fourth-order valence-electron chi connectivity index (χ4n) is 0.485. The van der Waals surface area contributed by atoms with E-state index in [2.05, 4.69) is 0 Å². The van der Waals surface area contributed by atoms with Crippen molar-refractivity contribution in [3.05, 3.63) is 11.6 Å². The molecule has 2 heteroatoms. The lowest BCUT2D eigenvalue weighted by atomic mass is 10.1. The zero-order valence-electron chi connectivity index (χ0n) is 6.04. The van der Waals surface area contributed by atoms with Crippen molar-refractivity contribution in [2.24, 2.45) is 0 Å². The van der Waals surface area contributed by atoms with Gasteiger partial charge >= 0.3 is 0 Å². The van der Waals surface area contributed by atoms with E-state index >= 15 is 0 Å². The molecule has 0 heterocycles. The van der Waals surface area contributed by atoms with Gasteiger partial charge in [0, 0.05) is 6.92 Å². The van der Waals surface area contributed by atoms with E-state index in [1.165, 1.54) is 6.92 Å². The second-order valence-electron chi connectivity index (χ2n) is 2.18. The molecule has 0 bridgehead atoms. The van der Waals surface area contributed by atoms with Crippen molar-refractivity contribution in [2.45, 2.75) is 33.1 Å². The van der Waals surface area contributed by atoms with Gasteiger partial charge < -0.3 is 0 Å². The average molecular weight is 134 g/mol. The zero-order chi connectivity index (χ0) is 7.49. The fraction of sp³-hybridized carbons (Fsp3) is 0.714. The summed E-state index contributed by atoms with van der Waals surface area (Å²) in [4.78, 5) is 0. The third-order valence-electron chi connectivity index (χ3n) is 1.20. The predicted molar refractivity (Wildman–Crippen MR) is 34.7 cm³/mol. The van der Waals surface area contributed by atoms with Crippen molar-refractivity contribution in [3.63, 3.8) is 0 Å². The summed E-state index contributed by atoms with van der Waals surface area (Å²) in [7, 11) is 0. The second-order valence-corrected chi connectivity index (χ2v) is 2.18. The first-order valence-corrected chi connectivity index (χ1v) is 3.03. The molecule has 0 radical (unpaired) electrons. The smallest absolute Gasteiger partial charge is 0.202 e. The molecule has 54 valence electrons. The second kappa shape index (κ2) is 2.95. The molecule has 0 rings (SSSR count). The van der Waals surface area contributed by atoms with Crippen LogP contribution in [0, 0.1) is 0 Å². The Balaban J connectivity index is 4.03. The Labute approximate surface area is 54.6 Å². The van der Waals surface area contributed by atoms with E-state index in [0.29, 0.717) is 6.42 Å². The van der Waals surface area contributed by atoms with Crippen LogP contribution in [0.2, 0.25) is 0 Å². The van der Waals surface area contributed by atoms with Crippen LogP contribution in [0.25, 0.3) is 0 Å². The largest absolute Gasteiger partial charge is 0.266 e. The molecule has 0 aromatic rings. The van der Waals surface area contributed by atoms with Crippen LogP contribution in [-0.2, 0) is 0 Å². The maximum absolute atomic E-state index is 12.2. The van der Waals surface area contributed by atoms with Gasteiger partial charge in [0.25, 0.3) is 5.92 Å². The Hall–Kier alpha value is -0.400. The van der Waals surface area contributed by atoms with Crippen molar-refractivity contribution in [3.8, 4) is 0 Å². The minimum atomic E-state index is -2.63. The summed E-state index contributed by atoms with van der Waals surface area (Å²) in [5, 5.41) is 0. The van der Waals surface area contributed by atoms with Gasteiger partial charge in [-0.05, 0) is 18.9 Å². The van der Waals surface area contributed by atoms with E-state index < -0.39 is 5.92 Å². The van der Waals surface area contributed by atoms with Crippen LogP contribution >= 0.6 is 0 Å². The van der Waals surface area contributed by atoms with Crippen LogP contribution in [0.15, 0.2) is 11.6 Å². The quantitative estimate of drug-likeness (QED) is 0.509. The summed E-state index contributed by atoms with van der Waals surface area (Å²) in [6.07, 6.45) is 2.22. The lowest BCUT2D eigenvalue weighted by Crippen LogP contribution is -2.10. The molecular formula is C7H12F2. The van der Waals surface area contributed by atoms with Crippen LogP contribution < -0.4 is 0 Å². The number of halogens is 2. The fourth-order valence-corrected chi connectivity index (χ4v) is 0.485. The van der Waals surface area contributed by atoms with E-state index in [1.807, 2.05) is 6.92 Å². The van der Waals surface area contributed by atoms with Crippen molar-refractivity contribution in [1.29, 1.82) is 0 Å². The molecule has 0 fully saturated rings. The molecule has 0 nitrogen and oxygen atoms in total. The summed E-state index contributed by atoms with van der Waals surface area (Å²) >= 11 is 0. The number of rotatable bonds is 2. The van der Waals surface area contributed by atoms with Gasteiger partial charge in [0.15, 0.2) is 0 Å². The highest BCUT2D eigenvalue weighted by Crippen LogP contribution is 2.22. The van der Waals surface area contributed by atoms with Gasteiger partial charge in [0.05, 0.1) is 0 Å². The summed E-state index contributed by atoms with van der Waals surface area (Å²) in [6.45, 7) is 4.20. The number of allylic oxidation sites excluding steroid dienone is 2. The summed E-state index contributed by atoms with van der Waals surface area (Å²) in [5.74, 6) is -2.63. The molecule has 0 aliphatic carbocycles. The summed E-state index contributed by atoms with van der Waals surface area (Å²) < 4.78 is 24.5. The number of alkyl halides is 2. The first-order chi connectivity index (χ1) is 3.98. The minimum absolute atomic E-state index is 0.157. The standard InChI is InChI=1S/C7H12F2/c1-4-5-6(2)7(3,8)9/h5H,4H2,1-3H3/b6-5+. The maximum Gasteiger partial charge on any atom is 0.266 e. The molecule has 0 N–H and O–H groups in total. The summed E-state index contributed by atoms with van der Waals surface area (Å²) in [6, 6.07) is 0. The molecule has 0 aliphatic rings. The molecule has 0 amide bonds. The Morgan fingerprint density at radius 1 is 1.56 bits per heavy atom. The first kappa shape index (κ1) is 8.60. The molecule has 0 spiro atoms. The zero-order valence-corrected chi connectivity index (χ0v) is 6.04. The van der Waals surface area contributed by atoms with E-state index in [0.717, 1.165) is 6.92 Å². The minimum Gasteiger partial charge on any atom is -0.202 e. The third-order valence-corrected chi connectivity index (χ3v) is 1.20. The predicted octanol–water partition coefficient (Wildman–Crippen LogP) is 3.00. The highest BCUT2D eigenvalue weighted by atomic mass is 19.3. The molecule has 0 aromatic heterocycles. The van der Waals surface area contributed by atoms with Crippen LogP contribution in [0.4, 0.5) is 8.78 Å². The molecule has 0 unspecified atom stereocenters. The molecule has 0 aliphatic heterocycles. The molecular weight excluding hydrogens is 122 g/mol. The number of hydrogen-bond acceptors (Lipinski definition) is 0. The van der Waals surface area contributed by atoms with Crippen LogP contribution in [0.3, 0.4) is 0 Å². The van der Waals surface area contributed by atoms with Crippen LogP contribution in [0.1, 0.15) is 27.2 Å². The van der Waals surface area contributed by atoms with E-state index in [4.69, 9.17) is 0 Å². The highest BCUT2D eigenvalue weighted by Gasteiger charge is 2.22. The molecule has 0 saturated heterocycles.